The number of likely N-dealkylation sites (tertiary alicyclic amines) is 1. The first kappa shape index (κ1) is 25.7. The quantitative estimate of drug-likeness (QED) is 0.327. The van der Waals surface area contributed by atoms with Crippen molar-refractivity contribution in [1.82, 2.24) is 15.1 Å². The predicted octanol–water partition coefficient (Wildman–Crippen LogP) is 4.33. The van der Waals surface area contributed by atoms with Gasteiger partial charge in [0, 0.05) is 23.7 Å². The molecule has 1 unspecified atom stereocenters. The largest absolute Gasteiger partial charge is 0.448 e. The molecule has 2 saturated heterocycles. The molecule has 0 aliphatic carbocycles. The number of esters is 1. The summed E-state index contributed by atoms with van der Waals surface area (Å²) in [5.74, 6) is -0.400. The first-order valence-corrected chi connectivity index (χ1v) is 15.1. The summed E-state index contributed by atoms with van der Waals surface area (Å²) in [4.78, 5) is 44.9. The number of β-lactam (4-membered cyclic amide) rings is 1. The Balaban J connectivity index is 1.27. The Bertz CT molecular complexity index is 1330. The summed E-state index contributed by atoms with van der Waals surface area (Å²) in [7, 11) is 0. The SMILES string of the molecule is O=C(Cc1cccs1)NC1C(=O)N2C(C(=O)OC(c3ccccc3)c3ccccc3)=C(N3CCCC3)CS[C@@H]12. The van der Waals surface area contributed by atoms with Crippen LogP contribution in [0.3, 0.4) is 0 Å². The molecule has 1 N–H and O–H groups in total. The van der Waals surface area contributed by atoms with Gasteiger partial charge in [-0.2, -0.15) is 0 Å². The molecular formula is C30H29N3O4S2. The van der Waals surface area contributed by atoms with E-state index in [9.17, 15) is 14.4 Å². The molecule has 7 nitrogen and oxygen atoms in total. The third-order valence-corrected chi connectivity index (χ3v) is 9.43. The van der Waals surface area contributed by atoms with Crippen LogP contribution in [0.4, 0.5) is 0 Å². The molecular weight excluding hydrogens is 530 g/mol. The second kappa shape index (κ2) is 11.3. The van der Waals surface area contributed by atoms with Crippen molar-refractivity contribution in [2.45, 2.75) is 36.8 Å². The number of ether oxygens (including phenoxy) is 1. The minimum absolute atomic E-state index is 0.192. The maximum atomic E-state index is 14.0. The van der Waals surface area contributed by atoms with Gasteiger partial charge in [-0.15, -0.1) is 23.1 Å². The fourth-order valence-electron chi connectivity index (χ4n) is 5.36. The number of carbonyl (C=O) groups excluding carboxylic acids is 3. The van der Waals surface area contributed by atoms with Crippen LogP contribution in [0.1, 0.15) is 34.9 Å². The zero-order valence-electron chi connectivity index (χ0n) is 21.3. The van der Waals surface area contributed by atoms with E-state index < -0.39 is 18.1 Å². The molecule has 4 heterocycles. The van der Waals surface area contributed by atoms with Crippen LogP contribution in [-0.4, -0.2) is 57.8 Å². The van der Waals surface area contributed by atoms with Crippen molar-refractivity contribution in [1.29, 1.82) is 0 Å². The maximum Gasteiger partial charge on any atom is 0.357 e. The van der Waals surface area contributed by atoms with Crippen LogP contribution >= 0.6 is 23.1 Å². The van der Waals surface area contributed by atoms with Gasteiger partial charge >= 0.3 is 5.97 Å². The first-order valence-electron chi connectivity index (χ1n) is 13.2. The Kier molecular flexibility index (Phi) is 7.43. The van der Waals surface area contributed by atoms with E-state index in [2.05, 4.69) is 10.2 Å². The number of thiophene rings is 1. The lowest BCUT2D eigenvalue weighted by Gasteiger charge is -2.50. The number of hydrogen-bond donors (Lipinski definition) is 1. The Morgan fingerprint density at radius 1 is 0.949 bits per heavy atom. The molecule has 2 atom stereocenters. The highest BCUT2D eigenvalue weighted by molar-refractivity contribution is 8.00. The van der Waals surface area contributed by atoms with Gasteiger partial charge in [-0.05, 0) is 35.4 Å². The lowest BCUT2D eigenvalue weighted by Crippen LogP contribution is -2.71. The molecule has 0 radical (unpaired) electrons. The number of carbonyl (C=O) groups is 3. The topological polar surface area (TPSA) is 79.0 Å². The van der Waals surface area contributed by atoms with Gasteiger partial charge in [0.05, 0.1) is 12.1 Å². The normalized spacial score (nSPS) is 20.6. The maximum absolute atomic E-state index is 14.0. The third kappa shape index (κ3) is 5.21. The van der Waals surface area contributed by atoms with E-state index in [-0.39, 0.29) is 23.6 Å². The fraction of sp³-hybridized carbons (Fsp3) is 0.300. The van der Waals surface area contributed by atoms with Crippen LogP contribution in [0.15, 0.2) is 89.6 Å². The monoisotopic (exact) mass is 559 g/mol. The van der Waals surface area contributed by atoms with Crippen LogP contribution in [0.2, 0.25) is 0 Å². The van der Waals surface area contributed by atoms with Crippen molar-refractivity contribution < 1.29 is 19.1 Å². The molecule has 2 amide bonds. The Labute approximate surface area is 235 Å². The summed E-state index contributed by atoms with van der Waals surface area (Å²) in [5, 5.41) is 4.49. The van der Waals surface area contributed by atoms with Crippen molar-refractivity contribution in [3.8, 4) is 0 Å². The van der Waals surface area contributed by atoms with Crippen LogP contribution in [-0.2, 0) is 25.5 Å². The fourth-order valence-corrected chi connectivity index (χ4v) is 7.45. The summed E-state index contributed by atoms with van der Waals surface area (Å²) in [6.45, 7) is 1.70. The highest BCUT2D eigenvalue weighted by Crippen LogP contribution is 2.43. The Morgan fingerprint density at radius 3 is 2.23 bits per heavy atom. The second-order valence-corrected chi connectivity index (χ2v) is 11.9. The van der Waals surface area contributed by atoms with Crippen LogP contribution < -0.4 is 5.32 Å². The minimum atomic E-state index is -0.663. The molecule has 1 aromatic heterocycles. The molecule has 9 heteroatoms. The van der Waals surface area contributed by atoms with E-state index in [0.717, 1.165) is 47.6 Å². The lowest BCUT2D eigenvalue weighted by atomic mass is 10.0. The summed E-state index contributed by atoms with van der Waals surface area (Å²) in [6, 6.07) is 22.4. The first-order chi connectivity index (χ1) is 19.1. The van der Waals surface area contributed by atoms with Gasteiger partial charge in [0.1, 0.15) is 11.4 Å². The molecule has 200 valence electrons. The zero-order chi connectivity index (χ0) is 26.8. The van der Waals surface area contributed by atoms with Crippen LogP contribution in [0.25, 0.3) is 0 Å². The summed E-state index contributed by atoms with van der Waals surface area (Å²) >= 11 is 3.10. The van der Waals surface area contributed by atoms with Crippen molar-refractivity contribution in [3.63, 3.8) is 0 Å². The number of thioether (sulfide) groups is 1. The molecule has 0 spiro atoms. The van der Waals surface area contributed by atoms with Gasteiger partial charge in [0.15, 0.2) is 11.8 Å². The van der Waals surface area contributed by atoms with E-state index in [4.69, 9.17) is 4.74 Å². The predicted molar refractivity (Wildman–Crippen MR) is 152 cm³/mol. The lowest BCUT2D eigenvalue weighted by molar-refractivity contribution is -0.155. The van der Waals surface area contributed by atoms with Crippen LogP contribution in [0.5, 0.6) is 0 Å². The number of hydrogen-bond acceptors (Lipinski definition) is 7. The number of amides is 2. The minimum Gasteiger partial charge on any atom is -0.448 e. The Morgan fingerprint density at radius 2 is 1.62 bits per heavy atom. The van der Waals surface area contributed by atoms with Gasteiger partial charge in [-0.25, -0.2) is 4.79 Å². The molecule has 6 rings (SSSR count). The van der Waals surface area contributed by atoms with Gasteiger partial charge in [-0.1, -0.05) is 66.7 Å². The van der Waals surface area contributed by atoms with Gasteiger partial charge in [-0.3, -0.25) is 14.5 Å². The molecule has 3 aliphatic heterocycles. The smallest absolute Gasteiger partial charge is 0.357 e. The number of benzene rings is 2. The number of nitrogens with zero attached hydrogens (tertiary/aromatic N) is 2. The summed E-state index contributed by atoms with van der Waals surface area (Å²) in [5.41, 5.74) is 2.87. The van der Waals surface area contributed by atoms with Gasteiger partial charge in [0.25, 0.3) is 5.91 Å². The van der Waals surface area contributed by atoms with E-state index in [0.29, 0.717) is 11.4 Å². The molecule has 2 fully saturated rings. The number of rotatable bonds is 8. The van der Waals surface area contributed by atoms with E-state index >= 15 is 0 Å². The molecule has 3 aliphatic rings. The van der Waals surface area contributed by atoms with E-state index in [1.165, 1.54) is 11.3 Å². The number of fused-ring (bicyclic) bond motifs is 1. The van der Waals surface area contributed by atoms with Crippen molar-refractivity contribution in [3.05, 3.63) is 106 Å². The standard InChI is InChI=1S/C30H29N3O4S2/c34-24(18-22-14-9-17-38-22)31-25-28(35)33-26(23(19-39-29(25)33)32-15-7-8-16-32)30(36)37-27(20-10-3-1-4-11-20)21-12-5-2-6-13-21/h1-6,9-14,17,25,27,29H,7-8,15-16,18-19H2,(H,31,34)/t25?,29-/m0/s1. The van der Waals surface area contributed by atoms with E-state index in [1.54, 1.807) is 16.7 Å². The summed E-state index contributed by atoms with van der Waals surface area (Å²) in [6.07, 6.45) is 1.72. The molecule has 0 saturated carbocycles. The van der Waals surface area contributed by atoms with Crippen molar-refractivity contribution in [2.75, 3.05) is 18.8 Å². The molecule has 2 aromatic carbocycles. The van der Waals surface area contributed by atoms with Crippen LogP contribution in [0, 0.1) is 0 Å². The highest BCUT2D eigenvalue weighted by Gasteiger charge is 2.55. The molecule has 0 bridgehead atoms. The third-order valence-electron chi connectivity index (χ3n) is 7.29. The average molecular weight is 560 g/mol. The van der Waals surface area contributed by atoms with Gasteiger partial charge in [0.2, 0.25) is 5.91 Å². The second-order valence-electron chi connectivity index (χ2n) is 9.81. The highest BCUT2D eigenvalue weighted by atomic mass is 32.2. The van der Waals surface area contributed by atoms with Gasteiger partial charge < -0.3 is 15.0 Å². The Hall–Kier alpha value is -3.56. The van der Waals surface area contributed by atoms with E-state index in [1.807, 2.05) is 78.2 Å². The number of nitrogens with one attached hydrogen (secondary N) is 1. The average Bonchev–Trinajstić information content (AvgIpc) is 3.70. The molecule has 39 heavy (non-hydrogen) atoms. The summed E-state index contributed by atoms with van der Waals surface area (Å²) < 4.78 is 6.23. The molecule has 3 aromatic rings. The van der Waals surface area contributed by atoms with Crippen molar-refractivity contribution in [2.24, 2.45) is 0 Å². The van der Waals surface area contributed by atoms with Crippen molar-refractivity contribution >= 4 is 40.9 Å². The zero-order valence-corrected chi connectivity index (χ0v) is 23.0.